The van der Waals surface area contributed by atoms with E-state index < -0.39 is 68.1 Å². The standard InChI is InChI=1S/C53H48ClN5O9S4/c1-52(2,3)67-51(63)57-50-56-40(45(54)71-50)41(58-68-53(36-25-14-7-15-26-36,37-27-16-8-17-28-37)38-29-18-9-19-30-38)46(60)55-42-47(61)59-43(39(33-70-48(42)59)69-31-20-32-72(4,64)65)49(62)66-44(34-21-10-5-11-22-34)35-23-12-6-13-24-35/h5-31,42,44,48H,32-33H2,1-4H3,(H,55,60)(H,56,57,63)/b31-20-,58-41-/t42?,48-/m1/s1. The Morgan fingerprint density at radius 1 is 0.847 bits per heavy atom. The molecule has 0 spiro atoms. The minimum Gasteiger partial charge on any atom is -0.448 e. The van der Waals surface area contributed by atoms with Crippen LogP contribution in [0, 0.1) is 0 Å². The van der Waals surface area contributed by atoms with E-state index >= 15 is 0 Å². The van der Waals surface area contributed by atoms with Crippen LogP contribution in [0.15, 0.2) is 179 Å². The summed E-state index contributed by atoms with van der Waals surface area (Å²) in [7, 11) is -3.34. The summed E-state index contributed by atoms with van der Waals surface area (Å²) < 4.78 is 35.6. The molecule has 5 aromatic carbocycles. The highest BCUT2D eigenvalue weighted by Gasteiger charge is 2.55. The Morgan fingerprint density at radius 2 is 1.36 bits per heavy atom. The van der Waals surface area contributed by atoms with Gasteiger partial charge in [0.1, 0.15) is 32.7 Å². The van der Waals surface area contributed by atoms with E-state index in [1.807, 2.05) is 152 Å². The summed E-state index contributed by atoms with van der Waals surface area (Å²) in [6, 6.07) is 45.1. The first-order valence-corrected chi connectivity index (χ1v) is 27.6. The Labute approximate surface area is 434 Å². The lowest BCUT2D eigenvalue weighted by Gasteiger charge is -2.49. The number of hydrogen-bond acceptors (Lipinski definition) is 14. The molecule has 0 saturated carbocycles. The van der Waals surface area contributed by atoms with Gasteiger partial charge in [0.2, 0.25) is 5.60 Å². The third-order valence-corrected chi connectivity index (χ3v) is 15.4. The quantitative estimate of drug-likeness (QED) is 0.0290. The van der Waals surface area contributed by atoms with Crippen LogP contribution in [0.3, 0.4) is 0 Å². The van der Waals surface area contributed by atoms with Gasteiger partial charge < -0.3 is 19.6 Å². The zero-order chi connectivity index (χ0) is 51.0. The Morgan fingerprint density at radius 3 is 1.86 bits per heavy atom. The van der Waals surface area contributed by atoms with Crippen LogP contribution in [0.25, 0.3) is 0 Å². The molecule has 8 rings (SSSR count). The predicted octanol–water partition coefficient (Wildman–Crippen LogP) is 10.1. The topological polar surface area (TPSA) is 183 Å². The van der Waals surface area contributed by atoms with E-state index in [1.54, 1.807) is 26.2 Å². The van der Waals surface area contributed by atoms with Crippen LogP contribution in [-0.2, 0) is 44.1 Å². The molecule has 1 aromatic heterocycles. The van der Waals surface area contributed by atoms with Gasteiger partial charge in [0.15, 0.2) is 26.8 Å². The van der Waals surface area contributed by atoms with Crippen LogP contribution < -0.4 is 10.6 Å². The molecule has 14 nitrogen and oxygen atoms in total. The van der Waals surface area contributed by atoms with Gasteiger partial charge >= 0.3 is 12.1 Å². The molecule has 2 atom stereocenters. The van der Waals surface area contributed by atoms with Crippen molar-refractivity contribution in [2.75, 3.05) is 23.1 Å². The summed E-state index contributed by atoms with van der Waals surface area (Å²) in [6.45, 7) is 5.12. The van der Waals surface area contributed by atoms with Crippen LogP contribution in [-0.4, -0.2) is 82.7 Å². The number of anilines is 1. The highest BCUT2D eigenvalue weighted by molar-refractivity contribution is 8.08. The number of thiazole rings is 1. The number of sulfone groups is 1. The number of thioether (sulfide) groups is 2. The molecule has 3 heterocycles. The number of nitrogens with one attached hydrogen (secondary N) is 2. The van der Waals surface area contributed by atoms with E-state index in [9.17, 15) is 27.6 Å². The second-order valence-electron chi connectivity index (χ2n) is 17.4. The van der Waals surface area contributed by atoms with Crippen molar-refractivity contribution in [3.63, 3.8) is 0 Å². The fourth-order valence-corrected chi connectivity index (χ4v) is 11.8. The molecule has 1 unspecified atom stereocenters. The SMILES string of the molecule is CC(C)(C)OC(=O)Nc1nc(/C(=N/OC(c2ccccc2)(c2ccccc2)c2ccccc2)C(=O)NC2C(=O)N3C(C(=O)OC(c4ccccc4)c4ccccc4)=C(S/C=C\CS(C)(=O)=O)CS[C@H]23)c(Cl)s1. The Bertz CT molecular complexity index is 3000. The molecule has 6 aromatic rings. The number of amides is 3. The van der Waals surface area contributed by atoms with E-state index in [1.165, 1.54) is 22.7 Å². The van der Waals surface area contributed by atoms with Crippen molar-refractivity contribution >= 4 is 91.0 Å². The van der Waals surface area contributed by atoms with E-state index in [2.05, 4.69) is 20.8 Å². The normalized spacial score (nSPS) is 16.2. The maximum atomic E-state index is 15.0. The lowest BCUT2D eigenvalue weighted by Crippen LogP contribution is -2.71. The number of carbonyl (C=O) groups excluding carboxylic acids is 4. The maximum Gasteiger partial charge on any atom is 0.413 e. The number of rotatable bonds is 17. The van der Waals surface area contributed by atoms with Gasteiger partial charge in [0, 0.05) is 33.6 Å². The first-order chi connectivity index (χ1) is 34.5. The maximum absolute atomic E-state index is 15.0. The molecule has 72 heavy (non-hydrogen) atoms. The zero-order valence-electron chi connectivity index (χ0n) is 39.3. The first-order valence-electron chi connectivity index (χ1n) is 22.4. The molecule has 2 aliphatic heterocycles. The average Bonchev–Trinajstić information content (AvgIpc) is 3.73. The highest BCUT2D eigenvalue weighted by Crippen LogP contribution is 2.46. The second kappa shape index (κ2) is 22.4. The lowest BCUT2D eigenvalue weighted by molar-refractivity contribution is -0.154. The van der Waals surface area contributed by atoms with Gasteiger partial charge in [0.05, 0.1) is 5.75 Å². The average molecular weight is 1060 g/mol. The number of fused-ring (bicyclic) bond motifs is 1. The van der Waals surface area contributed by atoms with E-state index in [0.717, 1.165) is 29.4 Å². The number of nitrogens with zero attached hydrogens (tertiary/aromatic N) is 3. The van der Waals surface area contributed by atoms with Crippen molar-refractivity contribution < 1.29 is 41.9 Å². The van der Waals surface area contributed by atoms with Gasteiger partial charge in [-0.25, -0.2) is 23.0 Å². The minimum absolute atomic E-state index is 0.00728. The summed E-state index contributed by atoms with van der Waals surface area (Å²) in [5.74, 6) is -2.38. The van der Waals surface area contributed by atoms with Crippen molar-refractivity contribution in [1.29, 1.82) is 0 Å². The molecule has 1 saturated heterocycles. The molecule has 2 N–H and O–H groups in total. The molecule has 19 heteroatoms. The van der Waals surface area contributed by atoms with Crippen LogP contribution in [0.4, 0.5) is 9.93 Å². The van der Waals surface area contributed by atoms with E-state index in [4.69, 9.17) is 25.9 Å². The summed E-state index contributed by atoms with van der Waals surface area (Å²) >= 11 is 10.1. The summed E-state index contributed by atoms with van der Waals surface area (Å²) in [5, 5.41) is 10.8. The smallest absolute Gasteiger partial charge is 0.413 e. The summed E-state index contributed by atoms with van der Waals surface area (Å²) in [6.07, 6.45) is 0.912. The number of β-lactam (4-membered cyclic amide) rings is 1. The molecule has 1 fully saturated rings. The number of carbonyl (C=O) groups is 4. The number of ether oxygens (including phenoxy) is 2. The van der Waals surface area contributed by atoms with Crippen molar-refractivity contribution in [1.82, 2.24) is 15.2 Å². The van der Waals surface area contributed by atoms with E-state index in [-0.39, 0.29) is 32.4 Å². The van der Waals surface area contributed by atoms with Crippen molar-refractivity contribution in [3.05, 3.63) is 212 Å². The molecule has 2 aliphatic rings. The highest BCUT2D eigenvalue weighted by atomic mass is 35.5. The number of halogens is 1. The monoisotopic (exact) mass is 1060 g/mol. The Balaban J connectivity index is 1.17. The van der Waals surface area contributed by atoms with E-state index in [0.29, 0.717) is 32.7 Å². The van der Waals surface area contributed by atoms with Crippen LogP contribution >= 0.6 is 46.5 Å². The van der Waals surface area contributed by atoms with Gasteiger partial charge in [-0.15, -0.1) is 11.8 Å². The number of esters is 1. The molecule has 0 bridgehead atoms. The third-order valence-electron chi connectivity index (χ3n) is 11.0. The van der Waals surface area contributed by atoms with Crippen LogP contribution in [0.5, 0.6) is 0 Å². The molecular weight excluding hydrogens is 1010 g/mol. The minimum atomic E-state index is -3.34. The van der Waals surface area contributed by atoms with Crippen LogP contribution in [0.1, 0.15) is 60.4 Å². The van der Waals surface area contributed by atoms with Crippen molar-refractivity contribution in [2.24, 2.45) is 5.16 Å². The summed E-state index contributed by atoms with van der Waals surface area (Å²) in [4.78, 5) is 70.1. The Hall–Kier alpha value is -6.70. The number of hydrogen-bond donors (Lipinski definition) is 2. The summed E-state index contributed by atoms with van der Waals surface area (Å²) in [5.41, 5.74) is 0.448. The van der Waals surface area contributed by atoms with Gasteiger partial charge in [-0.05, 0) is 37.3 Å². The molecule has 370 valence electrons. The molecule has 3 amide bonds. The fourth-order valence-electron chi connectivity index (χ4n) is 7.85. The van der Waals surface area contributed by atoms with Crippen molar-refractivity contribution in [2.45, 2.75) is 49.5 Å². The zero-order valence-corrected chi connectivity index (χ0v) is 43.3. The number of oxime groups is 1. The molecule has 0 radical (unpaired) electrons. The van der Waals surface area contributed by atoms with Crippen LogP contribution in [0.2, 0.25) is 4.34 Å². The fraction of sp³-hybridized carbons (Fsp3) is 0.208. The molecule has 0 aliphatic carbocycles. The third kappa shape index (κ3) is 12.0. The largest absolute Gasteiger partial charge is 0.448 e. The van der Waals surface area contributed by atoms with Gasteiger partial charge in [0.25, 0.3) is 11.8 Å². The second-order valence-corrected chi connectivity index (χ2v) is 23.3. The Kier molecular flexibility index (Phi) is 16.1. The molecular formula is C53H48ClN5O9S4. The van der Waals surface area contributed by atoms with Gasteiger partial charge in [-0.3, -0.25) is 19.8 Å². The lowest BCUT2D eigenvalue weighted by atomic mass is 9.80. The van der Waals surface area contributed by atoms with Gasteiger partial charge in [-0.1, -0.05) is 198 Å². The first kappa shape index (κ1) is 51.6. The van der Waals surface area contributed by atoms with Gasteiger partial charge in [-0.2, -0.15) is 0 Å². The van der Waals surface area contributed by atoms with Crippen molar-refractivity contribution in [3.8, 4) is 0 Å². The predicted molar refractivity (Wildman–Crippen MR) is 283 cm³/mol. The number of benzene rings is 5. The number of aromatic nitrogens is 1.